The summed E-state index contributed by atoms with van der Waals surface area (Å²) in [5.74, 6) is -14.0. The number of fused-ring (bicyclic) bond motifs is 3. The highest BCUT2D eigenvalue weighted by atomic mass is 35.5. The van der Waals surface area contributed by atoms with Gasteiger partial charge in [-0.1, -0.05) is 114 Å². The Hall–Kier alpha value is -14.3. The van der Waals surface area contributed by atoms with Crippen LogP contribution in [0.1, 0.15) is 126 Å². The molecule has 1 unspecified atom stereocenters. The molecule has 0 aliphatic carbocycles. The molecule has 3 N–H and O–H groups in total. The lowest BCUT2D eigenvalue weighted by Gasteiger charge is -2.38. The van der Waals surface area contributed by atoms with Crippen LogP contribution < -0.4 is 36.2 Å². The van der Waals surface area contributed by atoms with Crippen molar-refractivity contribution in [1.29, 1.82) is 5.26 Å². The van der Waals surface area contributed by atoms with Crippen LogP contribution in [0.15, 0.2) is 175 Å². The molecule has 12 aromatic rings. The maximum Gasteiger partial charge on any atom is 0.417 e. The van der Waals surface area contributed by atoms with Gasteiger partial charge in [-0.15, -0.1) is 0 Å². The Morgan fingerprint density at radius 3 is 1.38 bits per heavy atom. The lowest BCUT2D eigenvalue weighted by atomic mass is 9.93. The van der Waals surface area contributed by atoms with Gasteiger partial charge < -0.3 is 63.6 Å². The van der Waals surface area contributed by atoms with Gasteiger partial charge in [0.15, 0.2) is 6.10 Å². The fraction of sp³-hybridized carbons (Fsp3) is 0.333. The summed E-state index contributed by atoms with van der Waals surface area (Å²) in [6, 6.07) is 29.6. The Labute approximate surface area is 816 Å². The molecular weight excluding hydrogens is 1920 g/mol. The van der Waals surface area contributed by atoms with Crippen molar-refractivity contribution < 1.29 is 123 Å². The van der Waals surface area contributed by atoms with Crippen molar-refractivity contribution in [1.82, 2.24) is 40.5 Å². The number of pyridine rings is 5. The van der Waals surface area contributed by atoms with E-state index in [0.29, 0.717) is 85.5 Å². The zero-order valence-corrected chi connectivity index (χ0v) is 76.7. The number of aromatic nitrogens is 5. The quantitative estimate of drug-likeness (QED) is 0.0322. The zero-order valence-electron chi connectivity index (χ0n) is 75.9. The third kappa shape index (κ3) is 24.7. The second kappa shape index (κ2) is 46.6. The number of nitrogens with one attached hydrogen (secondary N) is 3. The molecule has 7 aromatic carbocycles. The van der Waals surface area contributed by atoms with Crippen LogP contribution in [-0.4, -0.2) is 189 Å². The summed E-state index contributed by atoms with van der Waals surface area (Å²) in [6.45, 7) is 7.79. The number of carbonyl (C=O) groups is 6. The molecule has 3 aliphatic rings. The predicted octanol–water partition coefficient (Wildman–Crippen LogP) is 19.2. The van der Waals surface area contributed by atoms with Crippen molar-refractivity contribution in [3.8, 4) is 39.6 Å². The zero-order chi connectivity index (χ0) is 101. The topological polar surface area (TPSA) is 301 Å². The minimum Gasteiger partial charge on any atom is -0.467 e. The van der Waals surface area contributed by atoms with Crippen LogP contribution in [0.25, 0.3) is 66.2 Å². The van der Waals surface area contributed by atoms with Gasteiger partial charge in [0.25, 0.3) is 23.3 Å². The summed E-state index contributed by atoms with van der Waals surface area (Å²) in [6.07, 6.45) is -10.9. The van der Waals surface area contributed by atoms with Crippen LogP contribution in [0.5, 0.6) is 0 Å². The number of aryl methyl sites for hydroxylation is 1. The van der Waals surface area contributed by atoms with Gasteiger partial charge in [-0.2, -0.15) is 44.8 Å². The van der Waals surface area contributed by atoms with E-state index in [-0.39, 0.29) is 119 Å². The van der Waals surface area contributed by atoms with Gasteiger partial charge in [-0.3, -0.25) is 39.1 Å². The minimum absolute atomic E-state index is 0. The molecule has 15 rings (SSSR count). The lowest BCUT2D eigenvalue weighted by molar-refractivity contribution is -0.221. The Kier molecular flexibility index (Phi) is 36.1. The summed E-state index contributed by atoms with van der Waals surface area (Å²) in [5.41, 5.74) is 0.818. The number of methoxy groups -OCH3 is 3. The number of anilines is 3. The van der Waals surface area contributed by atoms with Gasteiger partial charge in [-0.05, 0) is 128 Å². The van der Waals surface area contributed by atoms with Gasteiger partial charge in [0.2, 0.25) is 0 Å². The molecule has 3 fully saturated rings. The third-order valence-corrected chi connectivity index (χ3v) is 24.2. The Morgan fingerprint density at radius 1 is 0.517 bits per heavy atom. The molecule has 41 heteroatoms. The third-order valence-electron chi connectivity index (χ3n) is 23.9. The highest BCUT2D eigenvalue weighted by molar-refractivity contribution is 6.34. The van der Waals surface area contributed by atoms with Crippen molar-refractivity contribution >= 4 is 97.0 Å². The SMILES string of the molecule is C.C.C.COC(=O)[C@H](Cc1ccc(-c2c(C(F)(F)F)cc(C)n(C)c2=O)c2ncccc12)NC(=O)c1c(F)cc(N2C[C@H](C)OC[C@H]2C)cc1F.COC(=O)[C@H](Cc1ccc(-c2ccc(C#N)cc2Cl)c2ncccc12)NC(=O)c1c(F)cc(N2CCOC(C(F)(F)F)C2)cc1F.COC(=O)[C@H](Cc1ccc(-c2ncccc2C(C)C)c2ncccc12)NC(=O)c1c(F)cc(N2CCOC[C@@H]2C(F)(F)F)cc1F. The maximum absolute atomic E-state index is 15.3. The first kappa shape index (κ1) is 111. The van der Waals surface area contributed by atoms with E-state index in [1.807, 2.05) is 38.1 Å². The fourth-order valence-corrected chi connectivity index (χ4v) is 17.1. The van der Waals surface area contributed by atoms with E-state index in [4.69, 9.17) is 40.0 Å². The van der Waals surface area contributed by atoms with Crippen LogP contribution in [0.4, 0.5) is 82.9 Å². The van der Waals surface area contributed by atoms with E-state index < -0.39 is 172 Å². The number of nitriles is 1. The maximum atomic E-state index is 15.3. The van der Waals surface area contributed by atoms with Crippen molar-refractivity contribution in [2.24, 2.45) is 7.05 Å². The minimum atomic E-state index is -4.85. The number of esters is 3. The number of rotatable bonds is 22. The number of carbonyl (C=O) groups excluding carboxylic acids is 6. The standard InChI is InChI=1S/C34H33F5N4O5.C33H31F5N4O4.C32H24ClF5N4O4.3CH4/c1-17-11-24(34(37,38)39)28(32(45)42(17)4)23-9-8-20(22-7-6-10-40-30(22)23)12-27(33(46)47-5)41-31(44)29-25(35)13-21(14-26(29)36)43-15-19(3)48-16-18(43)2;1-18(2)21-6-4-10-39-29(21)23-9-8-19(22-7-5-11-40-30(22)23)14-26(32(44)45-3)41-31(43)28-24(34)15-20(16-25(28)35)42-12-13-46-17-27(42)33(36,37)38;1-45-31(44)26(12-18-5-7-22(29-20(18)3-2-8-40-29)21-6-4-17(15-39)11-23(21)33)41-30(43)28-24(34)13-19(14-25(28)35)42-9-10-46-27(16-42)32(36,37)38;;;/h6-11,13-14,18-19,27H,12,15-16H2,1-5H3,(H,41,44);4-11,15-16,18,26-27H,12-14,17H2,1-3H3,(H,41,43);2-8,11,13-14,26-27H,9-10,12,16H2,1H3,(H,41,43);3*1H4/t18-,19+,27+;26-,27+;26-,27?;;;/m100.../s1. The van der Waals surface area contributed by atoms with Crippen molar-refractivity contribution in [2.45, 2.75) is 143 Å². The van der Waals surface area contributed by atoms with Crippen LogP contribution >= 0.6 is 11.6 Å². The molecule has 3 saturated heterocycles. The number of morpholine rings is 3. The van der Waals surface area contributed by atoms with E-state index >= 15 is 26.3 Å². The molecule has 0 spiro atoms. The predicted molar refractivity (Wildman–Crippen MR) is 507 cm³/mol. The van der Waals surface area contributed by atoms with Crippen LogP contribution in [0.3, 0.4) is 0 Å². The molecule has 3 aliphatic heterocycles. The van der Waals surface area contributed by atoms with E-state index in [0.717, 1.165) is 82.8 Å². The first-order chi connectivity index (χ1) is 66.4. The average molecular weight is 2020 g/mol. The smallest absolute Gasteiger partial charge is 0.417 e. The summed E-state index contributed by atoms with van der Waals surface area (Å²) in [4.78, 5) is 113. The first-order valence-corrected chi connectivity index (χ1v) is 43.7. The number of hydrogen-bond acceptors (Lipinski definition) is 21. The van der Waals surface area contributed by atoms with Crippen LogP contribution in [0, 0.1) is 53.2 Å². The Bertz CT molecular complexity index is 6800. The van der Waals surface area contributed by atoms with Gasteiger partial charge >= 0.3 is 36.4 Å². The molecule has 3 amide bonds. The number of amides is 3. The number of hydrogen-bond donors (Lipinski definition) is 3. The molecule has 5 aromatic heterocycles. The number of nitrogens with zero attached hydrogens (tertiary/aromatic N) is 9. The molecule has 25 nitrogen and oxygen atoms in total. The van der Waals surface area contributed by atoms with E-state index in [9.17, 15) is 78.3 Å². The molecular formula is C102H100ClF15N12O13. The van der Waals surface area contributed by atoms with Crippen molar-refractivity contribution in [3.63, 3.8) is 0 Å². The van der Waals surface area contributed by atoms with E-state index in [1.165, 1.54) is 50.5 Å². The molecule has 8 heterocycles. The molecule has 0 bridgehead atoms. The number of benzene rings is 7. The summed E-state index contributed by atoms with van der Waals surface area (Å²) < 4.78 is 245. The number of halogens is 16. The highest BCUT2D eigenvalue weighted by Gasteiger charge is 2.48. The normalized spacial score (nSPS) is 16.0. The molecule has 0 radical (unpaired) electrons. The summed E-state index contributed by atoms with van der Waals surface area (Å²) in [5, 5.41) is 18.0. The van der Waals surface area contributed by atoms with E-state index in [1.54, 1.807) is 78.1 Å². The van der Waals surface area contributed by atoms with Gasteiger partial charge in [-0.25, -0.2) is 40.7 Å². The van der Waals surface area contributed by atoms with Crippen LogP contribution in [0.2, 0.25) is 5.02 Å². The Balaban J connectivity index is 0.000000218. The monoisotopic (exact) mass is 2020 g/mol. The lowest BCUT2D eigenvalue weighted by Crippen LogP contribution is -2.53. The van der Waals surface area contributed by atoms with E-state index in [2.05, 4.69) is 49.7 Å². The molecule has 0 saturated carbocycles. The molecule has 143 heavy (non-hydrogen) atoms. The number of alkyl halides is 9. The average Bonchev–Trinajstić information content (AvgIpc) is 0.736. The van der Waals surface area contributed by atoms with Crippen molar-refractivity contribution in [2.75, 3.05) is 88.6 Å². The van der Waals surface area contributed by atoms with Gasteiger partial charge in [0, 0.05) is 143 Å². The van der Waals surface area contributed by atoms with Crippen LogP contribution in [-0.2, 0) is 75.3 Å². The first-order valence-electron chi connectivity index (χ1n) is 43.3. The second-order valence-corrected chi connectivity index (χ2v) is 33.7. The fourth-order valence-electron chi connectivity index (χ4n) is 16.8. The number of ether oxygens (including phenoxy) is 6. The second-order valence-electron chi connectivity index (χ2n) is 33.3. The Morgan fingerprint density at radius 2 is 0.944 bits per heavy atom. The molecule has 7 atom stereocenters. The summed E-state index contributed by atoms with van der Waals surface area (Å²) >= 11 is 6.44. The van der Waals surface area contributed by atoms with Gasteiger partial charge in [0.1, 0.15) is 75.8 Å². The van der Waals surface area contributed by atoms with Gasteiger partial charge in [0.05, 0.1) is 105 Å². The summed E-state index contributed by atoms with van der Waals surface area (Å²) in [7, 11) is 4.62. The van der Waals surface area contributed by atoms with Crippen molar-refractivity contribution in [3.05, 3.63) is 276 Å². The largest absolute Gasteiger partial charge is 0.467 e. The highest BCUT2D eigenvalue weighted by Crippen LogP contribution is 2.43. The molecule has 758 valence electrons.